The monoisotopic (exact) mass is 305 g/mol. The van der Waals surface area contributed by atoms with Gasteiger partial charge in [-0.15, -0.1) is 0 Å². The summed E-state index contributed by atoms with van der Waals surface area (Å²) in [5, 5.41) is 0. The highest BCUT2D eigenvalue weighted by Gasteiger charge is 2.66. The lowest BCUT2D eigenvalue weighted by Gasteiger charge is -2.28. The number of rotatable bonds is 5. The summed E-state index contributed by atoms with van der Waals surface area (Å²) in [5.74, 6) is 3.39. The van der Waals surface area contributed by atoms with Crippen molar-refractivity contribution in [3.63, 3.8) is 0 Å². The van der Waals surface area contributed by atoms with Crippen LogP contribution in [-0.4, -0.2) is 37.3 Å². The molecule has 0 aromatic heterocycles. The molecule has 2 atom stereocenters. The molecule has 21 heavy (non-hydrogen) atoms. The van der Waals surface area contributed by atoms with Crippen molar-refractivity contribution in [1.82, 2.24) is 0 Å². The third-order valence-electron chi connectivity index (χ3n) is 3.11. The molecule has 1 aliphatic rings. The second-order valence-electron chi connectivity index (χ2n) is 4.64. The quantitative estimate of drug-likeness (QED) is 0.446. The second kappa shape index (κ2) is 7.34. The van der Waals surface area contributed by atoms with E-state index in [1.54, 1.807) is 0 Å². The topological polar surface area (TPSA) is 47.9 Å². The average molecular weight is 305 g/mol. The highest BCUT2D eigenvalue weighted by Crippen LogP contribution is 2.40. The number of alkyl halides is 3. The van der Waals surface area contributed by atoms with Crippen molar-refractivity contribution in [2.24, 2.45) is 4.99 Å². The Balaban J connectivity index is 2.87. The highest BCUT2D eigenvalue weighted by molar-refractivity contribution is 5.82. The van der Waals surface area contributed by atoms with E-state index in [1.165, 1.54) is 0 Å². The van der Waals surface area contributed by atoms with Crippen LogP contribution in [0.2, 0.25) is 0 Å². The smallest absolute Gasteiger partial charge is 0.443 e. The van der Waals surface area contributed by atoms with Crippen LogP contribution >= 0.6 is 0 Å². The fourth-order valence-corrected chi connectivity index (χ4v) is 1.91. The van der Waals surface area contributed by atoms with Crippen molar-refractivity contribution in [3.8, 4) is 11.8 Å². The second-order valence-corrected chi connectivity index (χ2v) is 4.64. The van der Waals surface area contributed by atoms with Gasteiger partial charge >= 0.3 is 12.1 Å². The van der Waals surface area contributed by atoms with Crippen LogP contribution in [0.5, 0.6) is 0 Å². The number of hydrogen-bond acceptors (Lipinski definition) is 4. The summed E-state index contributed by atoms with van der Waals surface area (Å²) in [7, 11) is 0.996. The van der Waals surface area contributed by atoms with Crippen molar-refractivity contribution in [2.45, 2.75) is 56.8 Å². The van der Waals surface area contributed by atoms with Gasteiger partial charge in [-0.1, -0.05) is 32.1 Å². The van der Waals surface area contributed by atoms with Gasteiger partial charge in [0.15, 0.2) is 6.40 Å². The molecule has 0 spiro atoms. The van der Waals surface area contributed by atoms with Crippen molar-refractivity contribution in [1.29, 1.82) is 0 Å². The predicted molar refractivity (Wildman–Crippen MR) is 70.7 cm³/mol. The molecule has 1 heterocycles. The Morgan fingerprint density at radius 1 is 1.43 bits per heavy atom. The predicted octanol–water partition coefficient (Wildman–Crippen LogP) is 2.86. The normalized spacial score (nSPS) is 24.1. The third-order valence-corrected chi connectivity index (χ3v) is 3.11. The van der Waals surface area contributed by atoms with Gasteiger partial charge in [0, 0.05) is 6.42 Å². The summed E-state index contributed by atoms with van der Waals surface area (Å²) in [4.78, 5) is 14.9. The minimum Gasteiger partial charge on any atom is -0.467 e. The third kappa shape index (κ3) is 3.90. The summed E-state index contributed by atoms with van der Waals surface area (Å²) in [6, 6.07) is -1.84. The molecule has 1 aliphatic heterocycles. The molecule has 1 rings (SSSR count). The summed E-state index contributed by atoms with van der Waals surface area (Å²) >= 11 is 0. The van der Waals surface area contributed by atoms with Gasteiger partial charge in [-0.25, -0.2) is 9.79 Å². The van der Waals surface area contributed by atoms with Crippen LogP contribution in [-0.2, 0) is 14.3 Å². The van der Waals surface area contributed by atoms with Gasteiger partial charge in [0.25, 0.3) is 5.60 Å². The number of halogens is 3. The first-order chi connectivity index (χ1) is 9.89. The molecule has 0 aliphatic carbocycles. The fourth-order valence-electron chi connectivity index (χ4n) is 1.91. The first kappa shape index (κ1) is 17.3. The largest absolute Gasteiger partial charge is 0.467 e. The molecule has 0 radical (unpaired) electrons. The number of hydrogen-bond donors (Lipinski definition) is 0. The van der Waals surface area contributed by atoms with Crippen LogP contribution in [0.4, 0.5) is 13.2 Å². The van der Waals surface area contributed by atoms with Crippen LogP contribution in [0, 0.1) is 11.8 Å². The number of esters is 1. The van der Waals surface area contributed by atoms with Gasteiger partial charge in [-0.3, -0.25) is 0 Å². The number of carbonyl (C=O) groups excluding carboxylic acids is 1. The molecule has 0 saturated heterocycles. The molecule has 118 valence electrons. The molecule has 0 N–H and O–H groups in total. The Labute approximate surface area is 121 Å². The molecule has 0 amide bonds. The lowest BCUT2D eigenvalue weighted by atomic mass is 9.94. The Hall–Kier alpha value is -1.71. The summed E-state index contributed by atoms with van der Waals surface area (Å²) in [5.41, 5.74) is -2.94. The van der Waals surface area contributed by atoms with E-state index in [-0.39, 0.29) is 0 Å². The zero-order chi connectivity index (χ0) is 15.9. The standard InChI is InChI=1S/C14H18F3NO3/c1-3-4-5-6-7-8-9-13(14(15,16)17)11(12(19)20-2)18-10-21-13/h10-11H,3-7H2,1-2H3/t11-,13+/m1/s1. The number of unbranched alkanes of at least 4 members (excludes halogenated alkanes) is 4. The van der Waals surface area contributed by atoms with E-state index in [0.29, 0.717) is 19.2 Å². The van der Waals surface area contributed by atoms with E-state index in [2.05, 4.69) is 26.3 Å². The SMILES string of the molecule is CCCCCCC#C[C@]1(C(F)(F)F)OC=N[C@@H]1C(=O)OC. The lowest BCUT2D eigenvalue weighted by molar-refractivity contribution is -0.230. The molecule has 0 unspecified atom stereocenters. The van der Waals surface area contributed by atoms with E-state index < -0.39 is 23.8 Å². The summed E-state index contributed by atoms with van der Waals surface area (Å²) in [6.07, 6.45) is -0.271. The van der Waals surface area contributed by atoms with Crippen molar-refractivity contribution in [3.05, 3.63) is 0 Å². The zero-order valence-corrected chi connectivity index (χ0v) is 12.0. The van der Waals surface area contributed by atoms with Crippen LogP contribution in [0.3, 0.4) is 0 Å². The fraction of sp³-hybridized carbons (Fsp3) is 0.714. The first-order valence-electron chi connectivity index (χ1n) is 6.73. The van der Waals surface area contributed by atoms with Crippen molar-refractivity contribution < 1.29 is 27.4 Å². The first-order valence-corrected chi connectivity index (χ1v) is 6.73. The van der Waals surface area contributed by atoms with Crippen LogP contribution in [0.25, 0.3) is 0 Å². The minimum absolute atomic E-state index is 0.315. The van der Waals surface area contributed by atoms with Crippen molar-refractivity contribution in [2.75, 3.05) is 7.11 Å². The molecule has 0 fully saturated rings. The van der Waals surface area contributed by atoms with Gasteiger partial charge < -0.3 is 9.47 Å². The van der Waals surface area contributed by atoms with E-state index >= 15 is 0 Å². The maximum absolute atomic E-state index is 13.3. The Morgan fingerprint density at radius 2 is 2.14 bits per heavy atom. The number of methoxy groups -OCH3 is 1. The Bertz CT molecular complexity index is 451. The number of nitrogens with zero attached hydrogens (tertiary/aromatic N) is 1. The molecular weight excluding hydrogens is 287 g/mol. The maximum Gasteiger partial charge on any atom is 0.443 e. The minimum atomic E-state index is -4.85. The number of carbonyl (C=O) groups is 1. The van der Waals surface area contributed by atoms with E-state index in [4.69, 9.17) is 0 Å². The Morgan fingerprint density at radius 3 is 2.71 bits per heavy atom. The number of ether oxygens (including phenoxy) is 2. The lowest BCUT2D eigenvalue weighted by Crippen LogP contribution is -2.55. The summed E-state index contributed by atoms with van der Waals surface area (Å²) < 4.78 is 48.8. The van der Waals surface area contributed by atoms with E-state index in [0.717, 1.165) is 26.4 Å². The van der Waals surface area contributed by atoms with E-state index in [9.17, 15) is 18.0 Å². The summed E-state index contributed by atoms with van der Waals surface area (Å²) in [6.45, 7) is 2.04. The average Bonchev–Trinajstić information content (AvgIpc) is 2.86. The van der Waals surface area contributed by atoms with Crippen LogP contribution in [0.1, 0.15) is 39.0 Å². The van der Waals surface area contributed by atoms with Crippen molar-refractivity contribution >= 4 is 12.4 Å². The Kier molecular flexibility index (Phi) is 6.06. The highest BCUT2D eigenvalue weighted by atomic mass is 19.4. The van der Waals surface area contributed by atoms with E-state index in [1.807, 2.05) is 6.92 Å². The molecule has 0 saturated carbocycles. The molecule has 7 heteroatoms. The van der Waals surface area contributed by atoms with Gasteiger partial charge in [0.1, 0.15) is 0 Å². The molecule has 0 bridgehead atoms. The molecule has 4 nitrogen and oxygen atoms in total. The maximum atomic E-state index is 13.3. The molecule has 0 aromatic rings. The van der Waals surface area contributed by atoms with Gasteiger partial charge in [-0.05, 0) is 12.3 Å². The van der Waals surface area contributed by atoms with Crippen LogP contribution < -0.4 is 0 Å². The number of aliphatic imine (C=N–C) groups is 1. The van der Waals surface area contributed by atoms with Gasteiger partial charge in [0.05, 0.1) is 7.11 Å². The van der Waals surface area contributed by atoms with Crippen LogP contribution in [0.15, 0.2) is 4.99 Å². The molecule has 0 aromatic carbocycles. The zero-order valence-electron chi connectivity index (χ0n) is 12.0. The molecular formula is C14H18F3NO3. The van der Waals surface area contributed by atoms with Gasteiger partial charge in [-0.2, -0.15) is 13.2 Å². The van der Waals surface area contributed by atoms with Gasteiger partial charge in [0.2, 0.25) is 6.04 Å².